The van der Waals surface area contributed by atoms with Gasteiger partial charge in [0.15, 0.2) is 0 Å². The Labute approximate surface area is 83.5 Å². The van der Waals surface area contributed by atoms with Gasteiger partial charge in [0.2, 0.25) is 12.3 Å². The van der Waals surface area contributed by atoms with E-state index >= 15 is 0 Å². The van der Waals surface area contributed by atoms with E-state index in [0.717, 1.165) is 0 Å². The minimum Gasteiger partial charge on any atom is -0.435 e. The Kier molecular flexibility index (Phi) is 2.57. The zero-order valence-corrected chi connectivity index (χ0v) is 7.43. The summed E-state index contributed by atoms with van der Waals surface area (Å²) in [7, 11) is 0. The van der Waals surface area contributed by atoms with Crippen LogP contribution in [0.3, 0.4) is 0 Å². The van der Waals surface area contributed by atoms with Crippen LogP contribution in [0.5, 0.6) is 5.75 Å². The van der Waals surface area contributed by atoms with Gasteiger partial charge in [-0.2, -0.15) is 8.78 Å². The lowest BCUT2D eigenvalue weighted by Crippen LogP contribution is -2.01. The van der Waals surface area contributed by atoms with E-state index in [1.165, 1.54) is 18.5 Å². The summed E-state index contributed by atoms with van der Waals surface area (Å²) in [6.45, 7) is -2.82. The summed E-state index contributed by atoms with van der Waals surface area (Å²) in [6.07, 6.45) is 1.19. The molecule has 0 radical (unpaired) electrons. The molecule has 0 saturated carbocycles. The van der Waals surface area contributed by atoms with Gasteiger partial charge in [-0.15, -0.1) is 10.2 Å². The van der Waals surface area contributed by atoms with Crippen molar-refractivity contribution >= 4 is 0 Å². The predicted octanol–water partition coefficient (Wildman–Crippen LogP) is 2.34. The maximum Gasteiger partial charge on any atom is 0.387 e. The SMILES string of the molecule is FC(F)Oc1ccc(-c2nnco2)cc1. The van der Waals surface area contributed by atoms with E-state index in [2.05, 4.69) is 14.9 Å². The molecular formula is C9H6F2N2O2. The molecule has 4 nitrogen and oxygen atoms in total. The van der Waals surface area contributed by atoms with Crippen molar-refractivity contribution in [2.45, 2.75) is 6.61 Å². The van der Waals surface area contributed by atoms with Gasteiger partial charge in [-0.1, -0.05) is 0 Å². The number of hydrogen-bond acceptors (Lipinski definition) is 4. The molecular weight excluding hydrogens is 206 g/mol. The van der Waals surface area contributed by atoms with E-state index in [4.69, 9.17) is 4.42 Å². The van der Waals surface area contributed by atoms with Crippen LogP contribution >= 0.6 is 0 Å². The van der Waals surface area contributed by atoms with E-state index < -0.39 is 6.61 Å². The third-order valence-corrected chi connectivity index (χ3v) is 1.69. The van der Waals surface area contributed by atoms with Crippen molar-refractivity contribution in [1.29, 1.82) is 0 Å². The van der Waals surface area contributed by atoms with Crippen molar-refractivity contribution in [1.82, 2.24) is 10.2 Å². The highest BCUT2D eigenvalue weighted by molar-refractivity contribution is 5.53. The number of ether oxygens (including phenoxy) is 1. The molecule has 0 bridgehead atoms. The average molecular weight is 212 g/mol. The average Bonchev–Trinajstić information content (AvgIpc) is 2.71. The Hall–Kier alpha value is -1.98. The first-order valence-corrected chi connectivity index (χ1v) is 4.07. The lowest BCUT2D eigenvalue weighted by atomic mass is 10.2. The molecule has 0 aliphatic carbocycles. The van der Waals surface area contributed by atoms with Crippen LogP contribution in [0.25, 0.3) is 11.5 Å². The number of nitrogens with zero attached hydrogens (tertiary/aromatic N) is 2. The molecule has 0 saturated heterocycles. The standard InChI is InChI=1S/C9H6F2N2O2/c10-9(11)15-7-3-1-6(2-4-7)8-13-12-5-14-8/h1-5,9H. The second-order valence-electron chi connectivity index (χ2n) is 2.65. The molecule has 1 aromatic carbocycles. The summed E-state index contributed by atoms with van der Waals surface area (Å²) < 4.78 is 32.8. The Morgan fingerprint density at radius 3 is 2.47 bits per heavy atom. The van der Waals surface area contributed by atoms with Gasteiger partial charge in [0.05, 0.1) is 0 Å². The lowest BCUT2D eigenvalue weighted by Gasteiger charge is -2.03. The van der Waals surface area contributed by atoms with Gasteiger partial charge in [-0.3, -0.25) is 0 Å². The van der Waals surface area contributed by atoms with E-state index in [-0.39, 0.29) is 5.75 Å². The quantitative estimate of drug-likeness (QED) is 0.783. The number of aromatic nitrogens is 2. The Morgan fingerprint density at radius 2 is 1.93 bits per heavy atom. The summed E-state index contributed by atoms with van der Waals surface area (Å²) in [6, 6.07) is 5.94. The zero-order chi connectivity index (χ0) is 10.7. The van der Waals surface area contributed by atoms with Crippen LogP contribution in [0, 0.1) is 0 Å². The summed E-state index contributed by atoms with van der Waals surface area (Å²) >= 11 is 0. The second kappa shape index (κ2) is 4.04. The Balaban J connectivity index is 2.17. The van der Waals surface area contributed by atoms with Crippen molar-refractivity contribution in [2.75, 3.05) is 0 Å². The van der Waals surface area contributed by atoms with Crippen molar-refractivity contribution in [3.8, 4) is 17.2 Å². The third kappa shape index (κ3) is 2.28. The maximum atomic E-state index is 11.8. The monoisotopic (exact) mass is 212 g/mol. The van der Waals surface area contributed by atoms with Crippen LogP contribution in [0.2, 0.25) is 0 Å². The minimum atomic E-state index is -2.82. The second-order valence-corrected chi connectivity index (χ2v) is 2.65. The predicted molar refractivity (Wildman–Crippen MR) is 46.4 cm³/mol. The van der Waals surface area contributed by atoms with Crippen LogP contribution in [0.4, 0.5) is 8.78 Å². The maximum absolute atomic E-state index is 11.8. The van der Waals surface area contributed by atoms with E-state index in [9.17, 15) is 8.78 Å². The van der Waals surface area contributed by atoms with Crippen LogP contribution in [0.1, 0.15) is 0 Å². The Morgan fingerprint density at radius 1 is 1.20 bits per heavy atom. The van der Waals surface area contributed by atoms with Crippen LogP contribution in [-0.2, 0) is 0 Å². The van der Waals surface area contributed by atoms with Gasteiger partial charge in [-0.05, 0) is 24.3 Å². The summed E-state index contributed by atoms with van der Waals surface area (Å²) in [5.41, 5.74) is 0.647. The van der Waals surface area contributed by atoms with Gasteiger partial charge >= 0.3 is 6.61 Å². The molecule has 0 aliphatic rings. The fourth-order valence-corrected chi connectivity index (χ4v) is 1.08. The molecule has 2 aromatic rings. The molecule has 6 heteroatoms. The first-order chi connectivity index (χ1) is 7.25. The summed E-state index contributed by atoms with van der Waals surface area (Å²) in [4.78, 5) is 0. The lowest BCUT2D eigenvalue weighted by molar-refractivity contribution is -0.0498. The van der Waals surface area contributed by atoms with Gasteiger partial charge in [0.1, 0.15) is 5.75 Å². The molecule has 0 unspecified atom stereocenters. The number of halogens is 2. The molecule has 0 aliphatic heterocycles. The van der Waals surface area contributed by atoms with Gasteiger partial charge in [-0.25, -0.2) is 0 Å². The molecule has 0 spiro atoms. The molecule has 15 heavy (non-hydrogen) atoms. The van der Waals surface area contributed by atoms with Gasteiger partial charge in [0, 0.05) is 5.56 Å². The first-order valence-electron chi connectivity index (χ1n) is 4.07. The number of alkyl halides is 2. The summed E-state index contributed by atoms with van der Waals surface area (Å²) in [5, 5.41) is 7.17. The van der Waals surface area contributed by atoms with Crippen molar-refractivity contribution in [3.05, 3.63) is 30.7 Å². The van der Waals surface area contributed by atoms with Crippen molar-refractivity contribution in [2.24, 2.45) is 0 Å². The molecule has 0 amide bonds. The highest BCUT2D eigenvalue weighted by Crippen LogP contribution is 2.21. The normalized spacial score (nSPS) is 10.6. The fraction of sp³-hybridized carbons (Fsp3) is 0.111. The van der Waals surface area contributed by atoms with Gasteiger partial charge < -0.3 is 9.15 Å². The molecule has 1 heterocycles. The number of rotatable bonds is 3. The fourth-order valence-electron chi connectivity index (χ4n) is 1.08. The number of hydrogen-bond donors (Lipinski definition) is 0. The minimum absolute atomic E-state index is 0.0910. The highest BCUT2D eigenvalue weighted by atomic mass is 19.3. The van der Waals surface area contributed by atoms with Crippen LogP contribution < -0.4 is 4.74 Å². The van der Waals surface area contributed by atoms with E-state index in [0.29, 0.717) is 11.5 Å². The van der Waals surface area contributed by atoms with Crippen molar-refractivity contribution in [3.63, 3.8) is 0 Å². The molecule has 78 valence electrons. The number of benzene rings is 1. The molecule has 0 atom stereocenters. The summed E-state index contributed by atoms with van der Waals surface area (Å²) in [5.74, 6) is 0.423. The van der Waals surface area contributed by atoms with E-state index in [1.54, 1.807) is 12.1 Å². The molecule has 0 N–H and O–H groups in total. The topological polar surface area (TPSA) is 48.2 Å². The molecule has 0 fully saturated rings. The van der Waals surface area contributed by atoms with Crippen molar-refractivity contribution < 1.29 is 17.9 Å². The Bertz CT molecular complexity index is 414. The molecule has 1 aromatic heterocycles. The van der Waals surface area contributed by atoms with Crippen LogP contribution in [0.15, 0.2) is 35.1 Å². The zero-order valence-electron chi connectivity index (χ0n) is 7.43. The third-order valence-electron chi connectivity index (χ3n) is 1.69. The van der Waals surface area contributed by atoms with Gasteiger partial charge in [0.25, 0.3) is 0 Å². The first kappa shape index (κ1) is 9.57. The van der Waals surface area contributed by atoms with E-state index in [1.807, 2.05) is 0 Å². The smallest absolute Gasteiger partial charge is 0.387 e. The van der Waals surface area contributed by atoms with Crippen LogP contribution in [-0.4, -0.2) is 16.8 Å². The highest BCUT2D eigenvalue weighted by Gasteiger charge is 2.06. The molecule has 2 rings (SSSR count). The largest absolute Gasteiger partial charge is 0.435 e.